The van der Waals surface area contributed by atoms with Crippen LogP contribution in [-0.4, -0.2) is 50.5 Å². The van der Waals surface area contributed by atoms with Gasteiger partial charge in [-0.2, -0.15) is 0 Å². The number of likely N-dealkylation sites (tertiary alicyclic amines) is 1. The molecule has 0 aromatic heterocycles. The quantitative estimate of drug-likeness (QED) is 0.836. The average Bonchev–Trinajstić information content (AvgIpc) is 2.54. The van der Waals surface area contributed by atoms with Crippen LogP contribution < -0.4 is 10.0 Å². The van der Waals surface area contributed by atoms with Crippen molar-refractivity contribution in [1.29, 1.82) is 0 Å². The van der Waals surface area contributed by atoms with Gasteiger partial charge in [-0.1, -0.05) is 18.2 Å². The van der Waals surface area contributed by atoms with Crippen LogP contribution in [0.4, 0.5) is 5.69 Å². The van der Waals surface area contributed by atoms with E-state index in [1.54, 1.807) is 42.2 Å². The van der Waals surface area contributed by atoms with Crippen LogP contribution in [0.3, 0.4) is 0 Å². The van der Waals surface area contributed by atoms with Gasteiger partial charge in [0.1, 0.15) is 6.04 Å². The normalized spacial score (nSPS) is 17.3. The Morgan fingerprint density at radius 1 is 1.21 bits per heavy atom. The van der Waals surface area contributed by atoms with Crippen LogP contribution in [0.15, 0.2) is 30.3 Å². The molecule has 1 aliphatic rings. The van der Waals surface area contributed by atoms with Crippen molar-refractivity contribution in [3.8, 4) is 0 Å². The highest BCUT2D eigenvalue weighted by Crippen LogP contribution is 2.23. The fourth-order valence-corrected chi connectivity index (χ4v) is 4.20. The fourth-order valence-electron chi connectivity index (χ4n) is 3.03. The highest BCUT2D eigenvalue weighted by molar-refractivity contribution is 7.92. The number of benzene rings is 1. The zero-order chi connectivity index (χ0) is 17.9. The summed E-state index contributed by atoms with van der Waals surface area (Å²) in [6, 6.07) is 7.69. The number of nitrogens with two attached hydrogens (primary N) is 1. The molecule has 24 heavy (non-hydrogen) atoms. The largest absolute Gasteiger partial charge is 0.369 e. The van der Waals surface area contributed by atoms with Gasteiger partial charge >= 0.3 is 0 Å². The maximum atomic E-state index is 12.7. The summed E-state index contributed by atoms with van der Waals surface area (Å²) in [7, 11) is -3.61. The van der Waals surface area contributed by atoms with Gasteiger partial charge in [0.2, 0.25) is 21.8 Å². The summed E-state index contributed by atoms with van der Waals surface area (Å²) < 4.78 is 25.5. The molecule has 132 valence electrons. The Labute approximate surface area is 142 Å². The van der Waals surface area contributed by atoms with E-state index in [4.69, 9.17) is 5.73 Å². The number of amides is 2. The van der Waals surface area contributed by atoms with E-state index in [0.29, 0.717) is 31.6 Å². The number of primary amides is 1. The molecule has 7 nitrogen and oxygen atoms in total. The first-order valence-corrected chi connectivity index (χ1v) is 9.69. The molecule has 1 fully saturated rings. The van der Waals surface area contributed by atoms with Crippen molar-refractivity contribution in [3.05, 3.63) is 30.3 Å². The van der Waals surface area contributed by atoms with Crippen LogP contribution in [0.1, 0.15) is 19.8 Å². The van der Waals surface area contributed by atoms with E-state index in [-0.39, 0.29) is 17.7 Å². The zero-order valence-corrected chi connectivity index (χ0v) is 14.7. The van der Waals surface area contributed by atoms with Gasteiger partial charge < -0.3 is 10.6 Å². The Kier molecular flexibility index (Phi) is 5.48. The van der Waals surface area contributed by atoms with E-state index in [9.17, 15) is 18.0 Å². The van der Waals surface area contributed by atoms with Crippen LogP contribution in [0, 0.1) is 5.92 Å². The van der Waals surface area contributed by atoms with Crippen LogP contribution >= 0.6 is 0 Å². The van der Waals surface area contributed by atoms with Gasteiger partial charge in [0.05, 0.1) is 11.9 Å². The molecule has 0 saturated carbocycles. The van der Waals surface area contributed by atoms with Crippen molar-refractivity contribution in [1.82, 2.24) is 4.90 Å². The lowest BCUT2D eigenvalue weighted by atomic mass is 9.96. The minimum absolute atomic E-state index is 0.218. The molecule has 8 heteroatoms. The summed E-state index contributed by atoms with van der Waals surface area (Å²) in [5.74, 6) is -0.839. The fraction of sp³-hybridized carbons (Fsp3) is 0.500. The van der Waals surface area contributed by atoms with E-state index in [0.717, 1.165) is 10.6 Å². The highest BCUT2D eigenvalue weighted by Gasteiger charge is 2.34. The lowest BCUT2D eigenvalue weighted by Crippen LogP contribution is -2.52. The summed E-state index contributed by atoms with van der Waals surface area (Å²) in [5, 5.41) is 0. The van der Waals surface area contributed by atoms with Gasteiger partial charge in [-0.3, -0.25) is 13.9 Å². The predicted molar refractivity (Wildman–Crippen MR) is 91.7 cm³/mol. The first-order chi connectivity index (χ1) is 11.2. The van der Waals surface area contributed by atoms with E-state index in [1.165, 1.54) is 0 Å². The number of piperidine rings is 1. The van der Waals surface area contributed by atoms with Gasteiger partial charge in [-0.05, 0) is 31.9 Å². The smallest absolute Gasteiger partial charge is 0.246 e. The number of para-hydroxylation sites is 1. The van der Waals surface area contributed by atoms with Crippen LogP contribution in [-0.2, 0) is 19.6 Å². The molecule has 2 N–H and O–H groups in total. The molecule has 2 amide bonds. The molecule has 1 aromatic carbocycles. The third-order valence-corrected chi connectivity index (χ3v) is 5.53. The first-order valence-electron chi connectivity index (χ1n) is 7.84. The molecule has 0 unspecified atom stereocenters. The standard InChI is InChI=1S/C16H23N3O4S/c1-12(16(21)18-10-8-13(9-11-18)15(17)20)19(24(2,22)23)14-6-4-3-5-7-14/h3-7,12-13H,8-11H2,1-2H3,(H2,17,20)/t12-/m1/s1. The number of hydrogen-bond donors (Lipinski definition) is 1. The van der Waals surface area contributed by atoms with Gasteiger partial charge in [0, 0.05) is 19.0 Å². The molecular formula is C16H23N3O4S. The molecule has 0 aliphatic carbocycles. The second-order valence-electron chi connectivity index (χ2n) is 6.07. The zero-order valence-electron chi connectivity index (χ0n) is 13.9. The lowest BCUT2D eigenvalue weighted by molar-refractivity contribution is -0.135. The van der Waals surface area contributed by atoms with Crippen molar-refractivity contribution in [2.24, 2.45) is 11.7 Å². The molecule has 1 aromatic rings. The molecule has 0 bridgehead atoms. The molecule has 0 spiro atoms. The molecule has 0 radical (unpaired) electrons. The average molecular weight is 353 g/mol. The second kappa shape index (κ2) is 7.21. The summed E-state index contributed by atoms with van der Waals surface area (Å²) in [6.07, 6.45) is 2.11. The first kappa shape index (κ1) is 18.3. The minimum Gasteiger partial charge on any atom is -0.369 e. The Morgan fingerprint density at radius 2 is 1.75 bits per heavy atom. The molecule has 1 atom stereocenters. The Bertz CT molecular complexity index is 697. The number of anilines is 1. The molecule has 1 heterocycles. The number of hydrogen-bond acceptors (Lipinski definition) is 4. The van der Waals surface area contributed by atoms with E-state index >= 15 is 0 Å². The number of rotatable bonds is 5. The molecule has 2 rings (SSSR count). The van der Waals surface area contributed by atoms with Crippen molar-refractivity contribution >= 4 is 27.5 Å². The topological polar surface area (TPSA) is 101 Å². The molecule has 1 saturated heterocycles. The Hall–Kier alpha value is -2.09. The van der Waals surface area contributed by atoms with Crippen molar-refractivity contribution < 1.29 is 18.0 Å². The lowest BCUT2D eigenvalue weighted by Gasteiger charge is -2.36. The van der Waals surface area contributed by atoms with Crippen molar-refractivity contribution in [2.45, 2.75) is 25.8 Å². The summed E-state index contributed by atoms with van der Waals surface area (Å²) in [4.78, 5) is 25.6. The second-order valence-corrected chi connectivity index (χ2v) is 7.93. The maximum absolute atomic E-state index is 12.7. The Balaban J connectivity index is 2.17. The monoisotopic (exact) mass is 353 g/mol. The number of sulfonamides is 1. The van der Waals surface area contributed by atoms with Gasteiger partial charge in [0.15, 0.2) is 0 Å². The molecular weight excluding hydrogens is 330 g/mol. The summed E-state index contributed by atoms with van der Waals surface area (Å²) >= 11 is 0. The predicted octanol–water partition coefficient (Wildman–Crippen LogP) is 0.565. The van der Waals surface area contributed by atoms with Crippen molar-refractivity contribution in [3.63, 3.8) is 0 Å². The number of carbonyl (C=O) groups excluding carboxylic acids is 2. The van der Waals surface area contributed by atoms with Gasteiger partial charge in [-0.25, -0.2) is 8.42 Å². The molecule has 1 aliphatic heterocycles. The summed E-state index contributed by atoms with van der Waals surface area (Å²) in [5.41, 5.74) is 5.75. The van der Waals surface area contributed by atoms with Crippen LogP contribution in [0.5, 0.6) is 0 Å². The van der Waals surface area contributed by atoms with Crippen LogP contribution in [0.25, 0.3) is 0 Å². The minimum atomic E-state index is -3.61. The van der Waals surface area contributed by atoms with Gasteiger partial charge in [0.25, 0.3) is 0 Å². The van der Waals surface area contributed by atoms with Gasteiger partial charge in [-0.15, -0.1) is 0 Å². The third-order valence-electron chi connectivity index (χ3n) is 4.29. The SMILES string of the molecule is C[C@H](C(=O)N1CCC(C(N)=O)CC1)N(c1ccccc1)S(C)(=O)=O. The highest BCUT2D eigenvalue weighted by atomic mass is 32.2. The Morgan fingerprint density at radius 3 is 2.21 bits per heavy atom. The number of nitrogens with zero attached hydrogens (tertiary/aromatic N) is 2. The number of carbonyl (C=O) groups is 2. The van der Waals surface area contributed by atoms with E-state index in [1.807, 2.05) is 0 Å². The van der Waals surface area contributed by atoms with Crippen molar-refractivity contribution in [2.75, 3.05) is 23.7 Å². The van der Waals surface area contributed by atoms with E-state index in [2.05, 4.69) is 0 Å². The van der Waals surface area contributed by atoms with Crippen LogP contribution in [0.2, 0.25) is 0 Å². The summed E-state index contributed by atoms with van der Waals surface area (Å²) in [6.45, 7) is 2.39. The third kappa shape index (κ3) is 4.05. The maximum Gasteiger partial charge on any atom is 0.246 e. The van der Waals surface area contributed by atoms with E-state index < -0.39 is 16.1 Å².